The Morgan fingerprint density at radius 1 is 1.06 bits per heavy atom. The smallest absolute Gasteiger partial charge is 0.0438 e. The lowest BCUT2D eigenvalue weighted by Gasteiger charge is -2.09. The summed E-state index contributed by atoms with van der Waals surface area (Å²) in [5, 5.41) is 4.25. The molecule has 0 heterocycles. The van der Waals surface area contributed by atoms with E-state index in [1.165, 1.54) is 11.1 Å². The highest BCUT2D eigenvalue weighted by Crippen LogP contribution is 2.18. The number of halogens is 1. The van der Waals surface area contributed by atoms with Crippen LogP contribution in [0, 0.1) is 6.92 Å². The van der Waals surface area contributed by atoms with Gasteiger partial charge in [0, 0.05) is 17.3 Å². The molecule has 1 N–H and O–H groups in total. The lowest BCUT2D eigenvalue weighted by molar-refractivity contribution is 1.11. The number of rotatable bonds is 4. The second-order valence-electron chi connectivity index (χ2n) is 4.49. The minimum absolute atomic E-state index is 0.799. The summed E-state index contributed by atoms with van der Waals surface area (Å²) < 4.78 is 0. The predicted octanol–water partition coefficient (Wildman–Crippen LogP) is 4.82. The summed E-state index contributed by atoms with van der Waals surface area (Å²) in [6.07, 6.45) is 1.06. The summed E-state index contributed by atoms with van der Waals surface area (Å²) in [4.78, 5) is 0. The van der Waals surface area contributed by atoms with Crippen molar-refractivity contribution in [2.45, 2.75) is 26.8 Å². The van der Waals surface area contributed by atoms with Crippen molar-refractivity contribution in [2.75, 3.05) is 5.32 Å². The average molecular weight is 260 g/mol. The molecule has 0 unspecified atom stereocenters. The molecule has 2 aromatic carbocycles. The van der Waals surface area contributed by atoms with Gasteiger partial charge >= 0.3 is 0 Å². The first-order valence-electron chi connectivity index (χ1n) is 6.27. The Balaban J connectivity index is 2.04. The van der Waals surface area contributed by atoms with Crippen LogP contribution in [-0.4, -0.2) is 0 Å². The maximum Gasteiger partial charge on any atom is 0.0438 e. The normalized spacial score (nSPS) is 10.4. The van der Waals surface area contributed by atoms with Gasteiger partial charge in [-0.05, 0) is 48.2 Å². The Morgan fingerprint density at radius 2 is 1.89 bits per heavy atom. The fraction of sp³-hybridized carbons (Fsp3) is 0.250. The van der Waals surface area contributed by atoms with Crippen molar-refractivity contribution in [1.29, 1.82) is 0 Å². The van der Waals surface area contributed by atoms with Crippen molar-refractivity contribution in [1.82, 2.24) is 0 Å². The number of hydrogen-bond acceptors (Lipinski definition) is 1. The number of nitrogens with one attached hydrogen (secondary N) is 1. The topological polar surface area (TPSA) is 12.0 Å². The highest BCUT2D eigenvalue weighted by Gasteiger charge is 1.99. The van der Waals surface area contributed by atoms with Crippen LogP contribution in [0.3, 0.4) is 0 Å². The van der Waals surface area contributed by atoms with Crippen LogP contribution in [-0.2, 0) is 13.0 Å². The van der Waals surface area contributed by atoms with Gasteiger partial charge < -0.3 is 5.32 Å². The highest BCUT2D eigenvalue weighted by molar-refractivity contribution is 6.31. The van der Waals surface area contributed by atoms with E-state index in [9.17, 15) is 0 Å². The van der Waals surface area contributed by atoms with E-state index < -0.39 is 0 Å². The van der Waals surface area contributed by atoms with Crippen molar-refractivity contribution in [3.05, 3.63) is 64.2 Å². The second-order valence-corrected chi connectivity index (χ2v) is 4.90. The van der Waals surface area contributed by atoms with Gasteiger partial charge in [-0.1, -0.05) is 42.8 Å². The number of hydrogen-bond donors (Lipinski definition) is 1. The second kappa shape index (κ2) is 5.92. The quantitative estimate of drug-likeness (QED) is 0.830. The lowest BCUT2D eigenvalue weighted by atomic mass is 10.1. The number of benzene rings is 2. The summed E-state index contributed by atoms with van der Waals surface area (Å²) in [6, 6.07) is 14.7. The molecule has 18 heavy (non-hydrogen) atoms. The molecule has 0 spiro atoms. The van der Waals surface area contributed by atoms with Gasteiger partial charge in [-0.25, -0.2) is 0 Å². The van der Waals surface area contributed by atoms with E-state index in [4.69, 9.17) is 11.6 Å². The Labute approximate surface area is 114 Å². The molecule has 94 valence electrons. The molecule has 0 saturated carbocycles. The summed E-state index contributed by atoms with van der Waals surface area (Å²) in [7, 11) is 0. The van der Waals surface area contributed by atoms with Gasteiger partial charge in [-0.2, -0.15) is 0 Å². The first-order valence-corrected chi connectivity index (χ1v) is 6.64. The van der Waals surface area contributed by atoms with Gasteiger partial charge in [0.25, 0.3) is 0 Å². The summed E-state index contributed by atoms with van der Waals surface area (Å²) >= 11 is 6.12. The third kappa shape index (κ3) is 3.27. The van der Waals surface area contributed by atoms with Gasteiger partial charge in [-0.3, -0.25) is 0 Å². The molecule has 2 aromatic rings. The van der Waals surface area contributed by atoms with Crippen LogP contribution in [0.1, 0.15) is 23.6 Å². The fourth-order valence-corrected chi connectivity index (χ4v) is 2.05. The van der Waals surface area contributed by atoms with Crippen LogP contribution in [0.15, 0.2) is 42.5 Å². The van der Waals surface area contributed by atoms with Crippen LogP contribution in [0.25, 0.3) is 0 Å². The molecule has 2 rings (SSSR count). The fourth-order valence-electron chi connectivity index (χ4n) is 1.85. The average Bonchev–Trinajstić information content (AvgIpc) is 2.40. The van der Waals surface area contributed by atoms with Crippen molar-refractivity contribution in [3.8, 4) is 0 Å². The van der Waals surface area contributed by atoms with E-state index >= 15 is 0 Å². The molecular formula is C16H18ClN. The zero-order valence-electron chi connectivity index (χ0n) is 10.8. The van der Waals surface area contributed by atoms with Crippen molar-refractivity contribution in [3.63, 3.8) is 0 Å². The third-order valence-electron chi connectivity index (χ3n) is 3.07. The first-order chi connectivity index (χ1) is 8.69. The standard InChI is InChI=1S/C16H18ClN/c1-3-13-5-4-6-15(9-13)18-11-14-8-7-12(2)16(17)10-14/h4-10,18H,3,11H2,1-2H3. The molecule has 0 saturated heterocycles. The van der Waals surface area contributed by atoms with Crippen molar-refractivity contribution < 1.29 is 0 Å². The van der Waals surface area contributed by atoms with Gasteiger partial charge in [0.2, 0.25) is 0 Å². The van der Waals surface area contributed by atoms with E-state index in [1.54, 1.807) is 0 Å². The Morgan fingerprint density at radius 3 is 2.61 bits per heavy atom. The maximum atomic E-state index is 6.12. The molecule has 0 aliphatic rings. The molecule has 0 aliphatic heterocycles. The van der Waals surface area contributed by atoms with E-state index in [0.29, 0.717) is 0 Å². The van der Waals surface area contributed by atoms with Gasteiger partial charge in [0.15, 0.2) is 0 Å². The maximum absolute atomic E-state index is 6.12. The summed E-state index contributed by atoms with van der Waals surface area (Å²) in [5.41, 5.74) is 4.83. The molecule has 1 nitrogen and oxygen atoms in total. The Kier molecular flexibility index (Phi) is 4.27. The predicted molar refractivity (Wildman–Crippen MR) is 79.3 cm³/mol. The minimum atomic E-state index is 0.799. The van der Waals surface area contributed by atoms with E-state index in [0.717, 1.165) is 29.2 Å². The van der Waals surface area contributed by atoms with Gasteiger partial charge in [0.1, 0.15) is 0 Å². The van der Waals surface area contributed by atoms with Crippen LogP contribution < -0.4 is 5.32 Å². The molecular weight excluding hydrogens is 242 g/mol. The van der Waals surface area contributed by atoms with Crippen LogP contribution >= 0.6 is 11.6 Å². The summed E-state index contributed by atoms with van der Waals surface area (Å²) in [5.74, 6) is 0. The number of anilines is 1. The largest absolute Gasteiger partial charge is 0.381 e. The lowest BCUT2D eigenvalue weighted by Crippen LogP contribution is -2.00. The molecule has 0 bridgehead atoms. The SMILES string of the molecule is CCc1cccc(NCc2ccc(C)c(Cl)c2)c1. The molecule has 2 heteroatoms. The zero-order valence-corrected chi connectivity index (χ0v) is 11.6. The van der Waals surface area contributed by atoms with Gasteiger partial charge in [0.05, 0.1) is 0 Å². The molecule has 0 aromatic heterocycles. The third-order valence-corrected chi connectivity index (χ3v) is 3.48. The molecule has 0 amide bonds. The Hall–Kier alpha value is -1.47. The first kappa shape index (κ1) is 13.0. The number of aryl methyl sites for hydroxylation is 2. The summed E-state index contributed by atoms with van der Waals surface area (Å²) in [6.45, 7) is 4.98. The molecule has 0 radical (unpaired) electrons. The minimum Gasteiger partial charge on any atom is -0.381 e. The van der Waals surface area contributed by atoms with Crippen molar-refractivity contribution in [2.24, 2.45) is 0 Å². The van der Waals surface area contributed by atoms with Crippen LogP contribution in [0.5, 0.6) is 0 Å². The Bertz CT molecular complexity index is 534. The van der Waals surface area contributed by atoms with E-state index in [2.05, 4.69) is 48.6 Å². The highest BCUT2D eigenvalue weighted by atomic mass is 35.5. The molecule has 0 fully saturated rings. The zero-order chi connectivity index (χ0) is 13.0. The van der Waals surface area contributed by atoms with Crippen LogP contribution in [0.2, 0.25) is 5.02 Å². The van der Waals surface area contributed by atoms with Gasteiger partial charge in [-0.15, -0.1) is 0 Å². The molecule has 0 aliphatic carbocycles. The molecule has 0 atom stereocenters. The van der Waals surface area contributed by atoms with E-state index in [-0.39, 0.29) is 0 Å². The van der Waals surface area contributed by atoms with Crippen LogP contribution in [0.4, 0.5) is 5.69 Å². The van der Waals surface area contributed by atoms with E-state index in [1.807, 2.05) is 13.0 Å². The monoisotopic (exact) mass is 259 g/mol. The van der Waals surface area contributed by atoms with Crippen molar-refractivity contribution >= 4 is 17.3 Å².